The summed E-state index contributed by atoms with van der Waals surface area (Å²) in [7, 11) is 0. The summed E-state index contributed by atoms with van der Waals surface area (Å²) in [6.07, 6.45) is 3.39. The number of ether oxygens (including phenoxy) is 1. The van der Waals surface area contributed by atoms with E-state index in [4.69, 9.17) is 10.2 Å². The molecule has 3 nitrogen and oxygen atoms in total. The average molecular weight is 800 g/mol. The van der Waals surface area contributed by atoms with Gasteiger partial charge in [-0.3, -0.25) is 0 Å². The summed E-state index contributed by atoms with van der Waals surface area (Å²) in [6, 6.07) is 31.9. The molecule has 0 aliphatic carbocycles. The van der Waals surface area contributed by atoms with E-state index in [1.807, 2.05) is 66.9 Å². The van der Waals surface area contributed by atoms with E-state index in [0.29, 0.717) is 22.6 Å². The quantitative estimate of drug-likeness (QED) is 0.132. The number of aromatic nitrogens is 2. The molecule has 0 bridgehead atoms. The molecule has 0 saturated heterocycles. The van der Waals surface area contributed by atoms with Crippen molar-refractivity contribution in [3.63, 3.8) is 0 Å². The van der Waals surface area contributed by atoms with E-state index in [-0.39, 0.29) is 25.7 Å². The Balaban J connectivity index is 0.000000231. The monoisotopic (exact) mass is 801 g/mol. The fourth-order valence-electron chi connectivity index (χ4n) is 4.24. The van der Waals surface area contributed by atoms with Crippen molar-refractivity contribution < 1.29 is 30.3 Å². The Morgan fingerprint density at radius 2 is 1.66 bits per heavy atom. The van der Waals surface area contributed by atoms with Gasteiger partial charge in [-0.15, -0.1) is 30.0 Å². The Labute approximate surface area is 270 Å². The normalized spacial score (nSPS) is 13.8. The van der Waals surface area contributed by atoms with Crippen molar-refractivity contribution in [1.29, 1.82) is 0 Å². The van der Waals surface area contributed by atoms with Crippen LogP contribution >= 0.6 is 11.8 Å². The number of fused-ring (bicyclic) bond motifs is 2. The molecule has 1 radical (unpaired) electrons. The maximum absolute atomic E-state index is 8.41. The SMILES string of the molecule is [2H]C([2H])([2H])c1cnc(-c2[c-]ccc3c2Oc2ccccc2S3)cc1C([2H])(C)C.[CH3][Ge]([CH3])([CH3])[c]1ccc(-c2[c-]cccc2)nc1.[Ir]. The number of pyridine rings is 2. The molecule has 1 aliphatic rings. The molecular weight excluding hydrogens is 761 g/mol. The number of hydrogen-bond donors (Lipinski definition) is 0. The van der Waals surface area contributed by atoms with E-state index in [1.54, 1.807) is 31.7 Å². The van der Waals surface area contributed by atoms with Gasteiger partial charge in [-0.2, -0.15) is 0 Å². The van der Waals surface area contributed by atoms with Gasteiger partial charge in [-0.25, -0.2) is 0 Å². The van der Waals surface area contributed by atoms with Crippen LogP contribution in [0, 0.1) is 19.0 Å². The molecule has 41 heavy (non-hydrogen) atoms. The smallest absolute Gasteiger partial charge is 0 e. The Morgan fingerprint density at radius 3 is 2.34 bits per heavy atom. The van der Waals surface area contributed by atoms with Crippen LogP contribution in [-0.4, -0.2) is 23.2 Å². The van der Waals surface area contributed by atoms with E-state index in [1.165, 1.54) is 10.6 Å². The van der Waals surface area contributed by atoms with Crippen LogP contribution in [0.3, 0.4) is 0 Å². The molecule has 211 valence electrons. The zero-order valence-electron chi connectivity index (χ0n) is 27.7. The van der Waals surface area contributed by atoms with Gasteiger partial charge in [-0.1, -0.05) is 37.6 Å². The molecule has 0 atom stereocenters. The molecule has 0 N–H and O–H groups in total. The Kier molecular flexibility index (Phi) is 8.56. The van der Waals surface area contributed by atoms with Crippen LogP contribution < -0.4 is 9.13 Å². The minimum atomic E-state index is -2.33. The van der Waals surface area contributed by atoms with Crippen LogP contribution in [0.4, 0.5) is 0 Å². The molecule has 0 saturated carbocycles. The van der Waals surface area contributed by atoms with Gasteiger partial charge in [0.2, 0.25) is 0 Å². The van der Waals surface area contributed by atoms with Crippen molar-refractivity contribution >= 4 is 29.4 Å². The molecule has 0 spiro atoms. The third kappa shape index (κ3) is 7.39. The molecule has 5 aromatic rings. The fourth-order valence-corrected chi connectivity index (χ4v) is 7.38. The van der Waals surface area contributed by atoms with Crippen molar-refractivity contribution in [3.05, 3.63) is 115 Å². The zero-order valence-corrected chi connectivity index (χ0v) is 29.0. The summed E-state index contributed by atoms with van der Waals surface area (Å²) in [6.45, 7) is 1.02. The maximum atomic E-state index is 8.41. The third-order valence-electron chi connectivity index (χ3n) is 6.51. The van der Waals surface area contributed by atoms with E-state index < -0.39 is 26.0 Å². The van der Waals surface area contributed by atoms with Gasteiger partial charge < -0.3 is 9.72 Å². The summed E-state index contributed by atoms with van der Waals surface area (Å²) in [5.74, 6) is 7.47. The Bertz CT molecular complexity index is 1770. The number of nitrogens with zero attached hydrogens (tertiary/aromatic N) is 2. The van der Waals surface area contributed by atoms with Crippen LogP contribution in [-0.2, 0) is 20.1 Å². The second-order valence-corrected chi connectivity index (χ2v) is 22.5. The number of benzene rings is 3. The molecule has 6 rings (SSSR count). The second-order valence-electron chi connectivity index (χ2n) is 10.8. The van der Waals surface area contributed by atoms with E-state index in [0.717, 1.165) is 26.8 Å². The third-order valence-corrected chi connectivity index (χ3v) is 11.9. The van der Waals surface area contributed by atoms with E-state index in [2.05, 4.69) is 51.5 Å². The molecule has 3 heterocycles. The van der Waals surface area contributed by atoms with Gasteiger partial charge >= 0.3 is 99.8 Å². The first kappa shape index (κ1) is 26.0. The minimum absolute atomic E-state index is 0. The topological polar surface area (TPSA) is 35.0 Å². The molecule has 1 aliphatic heterocycles. The minimum Gasteiger partial charge on any atom is 0 e. The largest absolute Gasteiger partial charge is 0 e. The average Bonchev–Trinajstić information content (AvgIpc) is 2.99. The van der Waals surface area contributed by atoms with Crippen LogP contribution in [0.25, 0.3) is 22.5 Å². The van der Waals surface area contributed by atoms with Gasteiger partial charge in [0.05, 0.1) is 10.6 Å². The summed E-state index contributed by atoms with van der Waals surface area (Å²) in [5, 5.41) is 0. The van der Waals surface area contributed by atoms with Crippen molar-refractivity contribution in [2.24, 2.45) is 0 Å². The first-order valence-electron chi connectivity index (χ1n) is 15.2. The molecular formula is C35H34GeIrN2OS-2. The van der Waals surface area contributed by atoms with Crippen LogP contribution in [0.2, 0.25) is 17.3 Å². The van der Waals surface area contributed by atoms with Crippen LogP contribution in [0.1, 0.15) is 36.4 Å². The molecule has 3 aromatic carbocycles. The standard InChI is InChI=1S/C21H18NOS.C14H16GeN.Ir/c1-13(2)16-11-17(22-12-14(16)3)15-7-6-10-20-21(15)23-18-8-4-5-9-19(18)24-20;1-15(2,3)13-9-10-14(16-11-13)12-7-5-4-6-8-12;/h4-6,8-13H,1-3H3;4-7,9-11H,1-3H3;/q2*-1;/i3D3,13D;;. The van der Waals surface area contributed by atoms with E-state index in [9.17, 15) is 0 Å². The zero-order chi connectivity index (χ0) is 31.7. The Morgan fingerprint density at radius 1 is 0.878 bits per heavy atom. The van der Waals surface area contributed by atoms with Crippen molar-refractivity contribution in [2.75, 3.05) is 0 Å². The van der Waals surface area contributed by atoms with Crippen molar-refractivity contribution in [3.8, 4) is 34.0 Å². The number of rotatable bonds is 4. The molecule has 2 aromatic heterocycles. The predicted molar refractivity (Wildman–Crippen MR) is 169 cm³/mol. The van der Waals surface area contributed by atoms with Crippen LogP contribution in [0.15, 0.2) is 101 Å². The van der Waals surface area contributed by atoms with Crippen molar-refractivity contribution in [1.82, 2.24) is 9.97 Å². The van der Waals surface area contributed by atoms with Crippen molar-refractivity contribution in [2.45, 2.75) is 53.7 Å². The predicted octanol–water partition coefficient (Wildman–Crippen LogP) is 9.33. The van der Waals surface area contributed by atoms with Crippen LogP contribution in [0.5, 0.6) is 11.5 Å². The van der Waals surface area contributed by atoms with Gasteiger partial charge in [0.25, 0.3) is 0 Å². The first-order valence-corrected chi connectivity index (χ1v) is 21.3. The second kappa shape index (κ2) is 13.5. The van der Waals surface area contributed by atoms with Gasteiger partial charge in [0.1, 0.15) is 5.75 Å². The number of hydrogen-bond acceptors (Lipinski definition) is 4. The molecule has 0 unspecified atom stereocenters. The molecule has 0 amide bonds. The summed E-state index contributed by atoms with van der Waals surface area (Å²) < 4.78 is 39.3. The van der Waals surface area contributed by atoms with Gasteiger partial charge in [-0.05, 0) is 46.6 Å². The Hall–Kier alpha value is -2.70. The first-order chi connectivity index (χ1) is 20.7. The fraction of sp³-hybridized carbons (Fsp3) is 0.200. The molecule has 0 fully saturated rings. The summed E-state index contributed by atoms with van der Waals surface area (Å²) in [4.78, 5) is 10.9. The summed E-state index contributed by atoms with van der Waals surface area (Å²) >= 11 is -0.107. The number of aryl methyl sites for hydroxylation is 1. The maximum Gasteiger partial charge on any atom is 0 e. The van der Waals surface area contributed by atoms with Gasteiger partial charge in [0, 0.05) is 31.8 Å². The van der Waals surface area contributed by atoms with E-state index >= 15 is 0 Å². The molecule has 6 heteroatoms. The number of para-hydroxylation sites is 1. The summed E-state index contributed by atoms with van der Waals surface area (Å²) in [5.41, 5.74) is 3.79. The van der Waals surface area contributed by atoms with Gasteiger partial charge in [0.15, 0.2) is 0 Å².